The lowest BCUT2D eigenvalue weighted by Gasteiger charge is -2.57. The Bertz CT molecular complexity index is 1070. The minimum Gasteiger partial charge on any atom is -0.354 e. The van der Waals surface area contributed by atoms with Gasteiger partial charge in [0.05, 0.1) is 0 Å². The molecule has 0 saturated heterocycles. The highest BCUT2D eigenvalue weighted by Crippen LogP contribution is 2.61. The summed E-state index contributed by atoms with van der Waals surface area (Å²) in [7, 11) is 0. The molecule has 32 heavy (non-hydrogen) atoms. The summed E-state index contributed by atoms with van der Waals surface area (Å²) in [5.74, 6) is 2.96. The smallest absolute Gasteiger partial charge is 0.0497 e. The van der Waals surface area contributed by atoms with E-state index in [1.165, 1.54) is 71.8 Å². The summed E-state index contributed by atoms with van der Waals surface area (Å²) in [6.45, 7) is 3.00. The third-order valence-electron chi connectivity index (χ3n) is 9.09. The first-order chi connectivity index (χ1) is 15.7. The van der Waals surface area contributed by atoms with Gasteiger partial charge in [-0.1, -0.05) is 37.3 Å². The van der Waals surface area contributed by atoms with Gasteiger partial charge in [-0.15, -0.1) is 0 Å². The van der Waals surface area contributed by atoms with E-state index in [2.05, 4.69) is 54.4 Å². The van der Waals surface area contributed by atoms with Crippen LogP contribution in [0.3, 0.4) is 0 Å². The van der Waals surface area contributed by atoms with Crippen LogP contribution in [0.25, 0.3) is 22.2 Å². The Morgan fingerprint density at radius 3 is 2.22 bits per heavy atom. The predicted molar refractivity (Wildman–Crippen MR) is 135 cm³/mol. The highest BCUT2D eigenvalue weighted by molar-refractivity contribution is 5.91. The number of rotatable bonds is 7. The molecule has 2 heteroatoms. The molecule has 0 amide bonds. The Morgan fingerprint density at radius 2 is 1.59 bits per heavy atom. The molecule has 0 aliphatic heterocycles. The van der Waals surface area contributed by atoms with Crippen LogP contribution < -0.4 is 5.73 Å². The zero-order valence-corrected chi connectivity index (χ0v) is 19.6. The molecule has 1 aromatic heterocycles. The number of aryl methyl sites for hydroxylation is 2. The fraction of sp³-hybridized carbons (Fsp3) is 0.533. The van der Waals surface area contributed by atoms with Crippen LogP contribution in [-0.4, -0.2) is 11.5 Å². The summed E-state index contributed by atoms with van der Waals surface area (Å²) in [4.78, 5) is 3.81. The van der Waals surface area contributed by atoms with Gasteiger partial charge in [-0.25, -0.2) is 0 Å². The average Bonchev–Trinajstić information content (AvgIpc) is 3.16. The molecular formula is C30H38N2. The summed E-state index contributed by atoms with van der Waals surface area (Å²) in [6, 6.07) is 16.6. The normalized spacial score (nSPS) is 28.6. The van der Waals surface area contributed by atoms with Crippen LogP contribution in [0.15, 0.2) is 42.5 Å². The molecule has 168 valence electrons. The number of nitrogens with two attached hydrogens (primary N) is 1. The molecule has 3 N–H and O–H groups in total. The Balaban J connectivity index is 1.43. The topological polar surface area (TPSA) is 41.8 Å². The minimum atomic E-state index is 0.456. The quantitative estimate of drug-likeness (QED) is 0.387. The highest BCUT2D eigenvalue weighted by atomic mass is 14.7. The second-order valence-electron chi connectivity index (χ2n) is 11.2. The van der Waals surface area contributed by atoms with Crippen molar-refractivity contribution >= 4 is 10.9 Å². The van der Waals surface area contributed by atoms with Crippen molar-refractivity contribution in [2.45, 2.75) is 76.5 Å². The van der Waals surface area contributed by atoms with Gasteiger partial charge in [0.2, 0.25) is 0 Å². The summed E-state index contributed by atoms with van der Waals surface area (Å²) in [6.07, 6.45) is 13.3. The van der Waals surface area contributed by atoms with Gasteiger partial charge in [0.1, 0.15) is 0 Å². The van der Waals surface area contributed by atoms with Crippen molar-refractivity contribution in [2.75, 3.05) is 6.54 Å². The lowest BCUT2D eigenvalue weighted by atomic mass is 9.48. The van der Waals surface area contributed by atoms with Gasteiger partial charge >= 0.3 is 0 Å². The largest absolute Gasteiger partial charge is 0.354 e. The summed E-state index contributed by atoms with van der Waals surface area (Å²) in [5, 5.41) is 1.46. The SMILES string of the molecule is CCc1ccc(-c2[nH]c3ccc(C45CC6CC(CC(C6)C4)C5)cc3c2CCCCN)cc1. The third-order valence-corrected chi connectivity index (χ3v) is 9.09. The second-order valence-corrected chi connectivity index (χ2v) is 11.2. The van der Waals surface area contributed by atoms with Crippen molar-refractivity contribution in [3.8, 4) is 11.3 Å². The van der Waals surface area contributed by atoms with Crippen molar-refractivity contribution in [1.82, 2.24) is 4.98 Å². The molecule has 0 spiro atoms. The minimum absolute atomic E-state index is 0.456. The van der Waals surface area contributed by atoms with E-state index < -0.39 is 0 Å². The molecule has 7 rings (SSSR count). The van der Waals surface area contributed by atoms with E-state index >= 15 is 0 Å². The summed E-state index contributed by atoms with van der Waals surface area (Å²) in [5.41, 5.74) is 14.8. The first kappa shape index (κ1) is 20.5. The molecule has 4 aliphatic carbocycles. The van der Waals surface area contributed by atoms with E-state index in [1.54, 1.807) is 5.56 Å². The Morgan fingerprint density at radius 1 is 0.906 bits per heavy atom. The van der Waals surface area contributed by atoms with Crippen LogP contribution in [0, 0.1) is 17.8 Å². The van der Waals surface area contributed by atoms with Gasteiger partial charge in [0, 0.05) is 16.6 Å². The molecule has 2 aromatic carbocycles. The van der Waals surface area contributed by atoms with Crippen molar-refractivity contribution in [2.24, 2.45) is 23.5 Å². The molecule has 4 saturated carbocycles. The van der Waals surface area contributed by atoms with Crippen molar-refractivity contribution in [3.05, 3.63) is 59.2 Å². The van der Waals surface area contributed by atoms with E-state index in [0.29, 0.717) is 5.41 Å². The zero-order valence-electron chi connectivity index (χ0n) is 19.6. The van der Waals surface area contributed by atoms with Crippen molar-refractivity contribution < 1.29 is 0 Å². The fourth-order valence-corrected chi connectivity index (χ4v) is 7.90. The number of unbranched alkanes of at least 4 members (excludes halogenated alkanes) is 1. The summed E-state index contributed by atoms with van der Waals surface area (Å²) >= 11 is 0. The van der Waals surface area contributed by atoms with Crippen molar-refractivity contribution in [3.63, 3.8) is 0 Å². The summed E-state index contributed by atoms with van der Waals surface area (Å²) < 4.78 is 0. The van der Waals surface area contributed by atoms with E-state index in [-0.39, 0.29) is 0 Å². The maximum Gasteiger partial charge on any atom is 0.0497 e. The first-order valence-electron chi connectivity index (χ1n) is 13.1. The number of nitrogens with one attached hydrogen (secondary N) is 1. The molecule has 2 nitrogen and oxygen atoms in total. The Hall–Kier alpha value is -2.06. The maximum absolute atomic E-state index is 5.85. The number of benzene rings is 2. The molecular weight excluding hydrogens is 388 g/mol. The van der Waals surface area contributed by atoms with Gasteiger partial charge in [-0.05, 0) is 128 Å². The van der Waals surface area contributed by atoms with E-state index in [9.17, 15) is 0 Å². The molecule has 0 unspecified atom stereocenters. The van der Waals surface area contributed by atoms with Gasteiger partial charge in [0.25, 0.3) is 0 Å². The number of hydrogen-bond donors (Lipinski definition) is 2. The molecule has 0 radical (unpaired) electrons. The van der Waals surface area contributed by atoms with Crippen LogP contribution >= 0.6 is 0 Å². The zero-order chi connectivity index (χ0) is 21.7. The van der Waals surface area contributed by atoms with Crippen LogP contribution in [0.1, 0.15) is 75.0 Å². The van der Waals surface area contributed by atoms with Crippen LogP contribution in [-0.2, 0) is 18.3 Å². The number of hydrogen-bond acceptors (Lipinski definition) is 1. The average molecular weight is 427 g/mol. The molecule has 3 aromatic rings. The molecule has 4 aliphatic rings. The standard InChI is InChI=1S/C30H38N2/c1-2-20-6-8-24(9-7-20)29-26(5-3-4-12-31)27-16-25(10-11-28(27)32-29)30-17-21-13-22(18-30)15-23(14-21)19-30/h6-11,16,21-23,32H,2-5,12-15,17-19,31H2,1H3. The van der Waals surface area contributed by atoms with Gasteiger partial charge in [-0.3, -0.25) is 0 Å². The van der Waals surface area contributed by atoms with E-state index in [0.717, 1.165) is 50.0 Å². The third kappa shape index (κ3) is 3.43. The lowest BCUT2D eigenvalue weighted by molar-refractivity contribution is -0.00513. The van der Waals surface area contributed by atoms with Gasteiger partial charge in [0.15, 0.2) is 0 Å². The number of aromatic nitrogens is 1. The first-order valence-corrected chi connectivity index (χ1v) is 13.1. The monoisotopic (exact) mass is 426 g/mol. The predicted octanol–water partition coefficient (Wildman–Crippen LogP) is 7.15. The maximum atomic E-state index is 5.85. The molecule has 4 bridgehead atoms. The van der Waals surface area contributed by atoms with Crippen LogP contribution in [0.5, 0.6) is 0 Å². The highest BCUT2D eigenvalue weighted by Gasteiger charge is 2.51. The van der Waals surface area contributed by atoms with E-state index in [4.69, 9.17) is 5.73 Å². The van der Waals surface area contributed by atoms with Crippen LogP contribution in [0.2, 0.25) is 0 Å². The van der Waals surface area contributed by atoms with E-state index in [1.807, 2.05) is 0 Å². The fourth-order valence-electron chi connectivity index (χ4n) is 7.90. The lowest BCUT2D eigenvalue weighted by Crippen LogP contribution is -2.48. The Kier molecular flexibility index (Phi) is 5.17. The molecule has 4 fully saturated rings. The van der Waals surface area contributed by atoms with Crippen molar-refractivity contribution in [1.29, 1.82) is 0 Å². The van der Waals surface area contributed by atoms with Gasteiger partial charge in [-0.2, -0.15) is 0 Å². The second kappa shape index (κ2) is 8.06. The van der Waals surface area contributed by atoms with Crippen LogP contribution in [0.4, 0.5) is 0 Å². The Labute approximate surface area is 193 Å². The number of fused-ring (bicyclic) bond motifs is 1. The number of H-pyrrole nitrogens is 1. The molecule has 1 heterocycles. The van der Waals surface area contributed by atoms with Gasteiger partial charge < -0.3 is 10.7 Å². The molecule has 0 atom stereocenters. The number of aromatic amines is 1.